The Morgan fingerprint density at radius 1 is 0.966 bits per heavy atom. The molecule has 2 aromatic carbocycles. The van der Waals surface area contributed by atoms with Crippen LogP contribution in [0.1, 0.15) is 35.7 Å². The lowest BCUT2D eigenvalue weighted by Crippen LogP contribution is -2.42. The van der Waals surface area contributed by atoms with Crippen LogP contribution in [0, 0.1) is 0 Å². The fraction of sp³-hybridized carbons (Fsp3) is 0.333. The Morgan fingerprint density at radius 2 is 1.69 bits per heavy atom. The van der Waals surface area contributed by atoms with Crippen LogP contribution < -0.4 is 25.1 Å². The molecule has 2 N–H and O–H groups in total. The number of hydrogen-bond donors (Lipinski definition) is 2. The van der Waals surface area contributed by atoms with E-state index in [2.05, 4.69) is 17.8 Å². The molecule has 0 fully saturated rings. The molecule has 0 aliphatic heterocycles. The maximum absolute atomic E-state index is 12.4. The van der Waals surface area contributed by atoms with Crippen LogP contribution >= 0.6 is 11.6 Å². The van der Waals surface area contributed by atoms with Gasteiger partial charge in [-0.15, -0.1) is 0 Å². The van der Waals surface area contributed by atoms with Gasteiger partial charge in [0.2, 0.25) is 5.91 Å². The van der Waals surface area contributed by atoms with Crippen LogP contribution in [0.15, 0.2) is 36.4 Å². The monoisotopic (exact) mass is 420 g/mol. The Labute approximate surface area is 175 Å². The van der Waals surface area contributed by atoms with Crippen molar-refractivity contribution in [2.75, 3.05) is 20.8 Å². The van der Waals surface area contributed by atoms with Crippen LogP contribution in [0.3, 0.4) is 0 Å². The first-order chi connectivity index (χ1) is 14.0. The third-order valence-corrected chi connectivity index (χ3v) is 4.33. The second-order valence-electron chi connectivity index (χ2n) is 6.20. The number of benzene rings is 2. The van der Waals surface area contributed by atoms with Crippen molar-refractivity contribution in [3.63, 3.8) is 0 Å². The number of unbranched alkanes of at least 4 members (excludes halogenated alkanes) is 1. The number of nitrogens with one attached hydrogen (secondary N) is 2. The van der Waals surface area contributed by atoms with E-state index in [-0.39, 0.29) is 6.42 Å². The van der Waals surface area contributed by atoms with Gasteiger partial charge < -0.3 is 14.2 Å². The number of halogens is 1. The molecule has 7 nitrogen and oxygen atoms in total. The third-order valence-electron chi connectivity index (χ3n) is 4.09. The average Bonchev–Trinajstić information content (AvgIpc) is 2.72. The number of rotatable bonds is 9. The van der Waals surface area contributed by atoms with E-state index in [9.17, 15) is 9.59 Å². The number of carbonyl (C=O) groups excluding carboxylic acids is 2. The van der Waals surface area contributed by atoms with Crippen molar-refractivity contribution in [2.45, 2.75) is 26.2 Å². The summed E-state index contributed by atoms with van der Waals surface area (Å²) in [6.45, 7) is 2.65. The molecule has 156 valence electrons. The van der Waals surface area contributed by atoms with Crippen molar-refractivity contribution >= 4 is 23.4 Å². The number of amides is 2. The van der Waals surface area contributed by atoms with Crippen LogP contribution in [0.25, 0.3) is 0 Å². The van der Waals surface area contributed by atoms with Crippen LogP contribution in [-0.2, 0) is 11.2 Å². The predicted octanol–water partition coefficient (Wildman–Crippen LogP) is 3.54. The molecule has 0 saturated carbocycles. The summed E-state index contributed by atoms with van der Waals surface area (Å²) in [6, 6.07) is 9.83. The van der Waals surface area contributed by atoms with Crippen molar-refractivity contribution in [1.29, 1.82) is 0 Å². The first-order valence-electron chi connectivity index (χ1n) is 9.21. The second kappa shape index (κ2) is 11.2. The van der Waals surface area contributed by atoms with Gasteiger partial charge in [0, 0.05) is 16.1 Å². The Balaban J connectivity index is 1.96. The summed E-state index contributed by atoms with van der Waals surface area (Å²) in [6.07, 6.45) is 1.94. The standard InChI is InChI=1S/C21H25ClN2O5/c1-4-5-10-29-18-8-6-14(12-19(18)28-3)21(26)24-23-20(25)13-15-11-16(22)7-9-17(15)27-2/h6-9,11-12H,4-5,10,13H2,1-3H3,(H,23,25)(H,24,26). The molecule has 0 atom stereocenters. The molecule has 0 radical (unpaired) electrons. The van der Waals surface area contributed by atoms with E-state index in [1.54, 1.807) is 36.4 Å². The fourth-order valence-electron chi connectivity index (χ4n) is 2.56. The van der Waals surface area contributed by atoms with Gasteiger partial charge in [0.25, 0.3) is 5.91 Å². The third kappa shape index (κ3) is 6.57. The minimum absolute atomic E-state index is 0.00244. The highest BCUT2D eigenvalue weighted by molar-refractivity contribution is 6.30. The summed E-state index contributed by atoms with van der Waals surface area (Å²) in [4.78, 5) is 24.5. The minimum Gasteiger partial charge on any atom is -0.496 e. The molecular weight excluding hydrogens is 396 g/mol. The highest BCUT2D eigenvalue weighted by Crippen LogP contribution is 2.28. The second-order valence-corrected chi connectivity index (χ2v) is 6.64. The van der Waals surface area contributed by atoms with Gasteiger partial charge in [-0.3, -0.25) is 20.4 Å². The number of carbonyl (C=O) groups is 2. The van der Waals surface area contributed by atoms with Crippen LogP contribution in [0.4, 0.5) is 0 Å². The van der Waals surface area contributed by atoms with Gasteiger partial charge in [0.1, 0.15) is 5.75 Å². The molecule has 8 heteroatoms. The first kappa shape index (κ1) is 22.4. The van der Waals surface area contributed by atoms with E-state index >= 15 is 0 Å². The lowest BCUT2D eigenvalue weighted by Gasteiger charge is -2.13. The normalized spacial score (nSPS) is 10.2. The van der Waals surface area contributed by atoms with Crippen molar-refractivity contribution in [3.8, 4) is 17.2 Å². The zero-order valence-electron chi connectivity index (χ0n) is 16.7. The molecule has 0 bridgehead atoms. The maximum Gasteiger partial charge on any atom is 0.269 e. The topological polar surface area (TPSA) is 85.9 Å². The molecule has 29 heavy (non-hydrogen) atoms. The number of ether oxygens (including phenoxy) is 3. The lowest BCUT2D eigenvalue weighted by atomic mass is 10.1. The zero-order chi connectivity index (χ0) is 21.2. The van der Waals surface area contributed by atoms with Gasteiger partial charge in [-0.25, -0.2) is 0 Å². The number of hydrazine groups is 1. The fourth-order valence-corrected chi connectivity index (χ4v) is 2.75. The Kier molecular flexibility index (Phi) is 8.61. The van der Waals surface area contributed by atoms with E-state index in [0.717, 1.165) is 12.8 Å². The van der Waals surface area contributed by atoms with E-state index in [0.29, 0.717) is 40.0 Å². The number of hydrogen-bond acceptors (Lipinski definition) is 5. The van der Waals surface area contributed by atoms with Crippen LogP contribution in [-0.4, -0.2) is 32.6 Å². The van der Waals surface area contributed by atoms with Gasteiger partial charge in [0.15, 0.2) is 11.5 Å². The molecule has 0 aliphatic rings. The molecule has 0 heterocycles. The van der Waals surface area contributed by atoms with E-state index in [1.165, 1.54) is 14.2 Å². The smallest absolute Gasteiger partial charge is 0.269 e. The lowest BCUT2D eigenvalue weighted by molar-refractivity contribution is -0.121. The molecular formula is C21H25ClN2O5. The summed E-state index contributed by atoms with van der Waals surface area (Å²) in [5.74, 6) is 0.665. The Morgan fingerprint density at radius 3 is 2.38 bits per heavy atom. The summed E-state index contributed by atoms with van der Waals surface area (Å²) in [5.41, 5.74) is 5.71. The average molecular weight is 421 g/mol. The molecule has 2 rings (SSSR count). The quantitative estimate of drug-likeness (QED) is 0.478. The maximum atomic E-state index is 12.4. The summed E-state index contributed by atoms with van der Waals surface area (Å²) in [7, 11) is 3.01. The highest BCUT2D eigenvalue weighted by Gasteiger charge is 2.14. The predicted molar refractivity (Wildman–Crippen MR) is 111 cm³/mol. The van der Waals surface area contributed by atoms with Gasteiger partial charge in [-0.2, -0.15) is 0 Å². The van der Waals surface area contributed by atoms with E-state index in [1.807, 2.05) is 0 Å². The van der Waals surface area contributed by atoms with Gasteiger partial charge >= 0.3 is 0 Å². The summed E-state index contributed by atoms with van der Waals surface area (Å²) < 4.78 is 16.2. The molecule has 0 spiro atoms. The van der Waals surface area contributed by atoms with Crippen molar-refractivity contribution < 1.29 is 23.8 Å². The SMILES string of the molecule is CCCCOc1ccc(C(=O)NNC(=O)Cc2cc(Cl)ccc2OC)cc1OC. The van der Waals surface area contributed by atoms with Crippen molar-refractivity contribution in [3.05, 3.63) is 52.5 Å². The highest BCUT2D eigenvalue weighted by atomic mass is 35.5. The van der Waals surface area contributed by atoms with Crippen LogP contribution in [0.5, 0.6) is 17.2 Å². The Bertz CT molecular complexity index is 857. The van der Waals surface area contributed by atoms with E-state index in [4.69, 9.17) is 25.8 Å². The van der Waals surface area contributed by atoms with Crippen LogP contribution in [0.2, 0.25) is 5.02 Å². The van der Waals surface area contributed by atoms with Gasteiger partial charge in [-0.05, 0) is 42.8 Å². The summed E-state index contributed by atoms with van der Waals surface area (Å²) in [5, 5.41) is 0.492. The zero-order valence-corrected chi connectivity index (χ0v) is 17.5. The van der Waals surface area contributed by atoms with Crippen molar-refractivity contribution in [2.24, 2.45) is 0 Å². The summed E-state index contributed by atoms with van der Waals surface area (Å²) >= 11 is 5.97. The molecule has 0 unspecified atom stereocenters. The van der Waals surface area contributed by atoms with E-state index < -0.39 is 11.8 Å². The largest absolute Gasteiger partial charge is 0.496 e. The molecule has 0 saturated heterocycles. The molecule has 0 aromatic heterocycles. The van der Waals surface area contributed by atoms with Gasteiger partial charge in [-0.1, -0.05) is 24.9 Å². The van der Waals surface area contributed by atoms with Crippen molar-refractivity contribution in [1.82, 2.24) is 10.9 Å². The molecule has 0 aliphatic carbocycles. The van der Waals surface area contributed by atoms with Gasteiger partial charge in [0.05, 0.1) is 27.2 Å². The molecule has 2 aromatic rings. The minimum atomic E-state index is -0.477. The molecule has 2 amide bonds. The first-order valence-corrected chi connectivity index (χ1v) is 9.58. The Hall–Kier alpha value is -2.93. The number of methoxy groups -OCH3 is 2.